The maximum absolute atomic E-state index is 13.3. The zero-order valence-corrected chi connectivity index (χ0v) is 12.9. The summed E-state index contributed by atoms with van der Waals surface area (Å²) in [7, 11) is 1.90. The smallest absolute Gasteiger partial charge is 0.270 e. The van der Waals surface area contributed by atoms with E-state index in [4.69, 9.17) is 5.73 Å². The number of halogens is 1. The van der Waals surface area contributed by atoms with Crippen molar-refractivity contribution in [2.45, 2.75) is 0 Å². The molecule has 0 radical (unpaired) electrons. The zero-order valence-electron chi connectivity index (χ0n) is 12.9. The number of nitrogens with one attached hydrogen (secondary N) is 1. The molecule has 23 heavy (non-hydrogen) atoms. The summed E-state index contributed by atoms with van der Waals surface area (Å²) in [6, 6.07) is 5.96. The number of nitrogens with two attached hydrogens (primary N) is 1. The van der Waals surface area contributed by atoms with Crippen LogP contribution in [0.4, 0.5) is 4.39 Å². The van der Waals surface area contributed by atoms with Crippen LogP contribution < -0.4 is 5.73 Å². The molecule has 2 aromatic rings. The van der Waals surface area contributed by atoms with Crippen LogP contribution in [0.3, 0.4) is 0 Å². The second-order valence-corrected chi connectivity index (χ2v) is 6.03. The number of aromatic amines is 1. The maximum Gasteiger partial charge on any atom is 0.270 e. The number of fused-ring (bicyclic) bond motifs is 1. The lowest BCUT2D eigenvalue weighted by Crippen LogP contribution is -2.40. The Bertz CT molecular complexity index is 758. The van der Waals surface area contributed by atoms with Crippen molar-refractivity contribution in [3.05, 3.63) is 35.8 Å². The molecule has 0 bridgehead atoms. The highest BCUT2D eigenvalue weighted by Gasteiger charge is 2.28. The Morgan fingerprint density at radius 2 is 2.04 bits per heavy atom. The van der Waals surface area contributed by atoms with Crippen LogP contribution in [0.5, 0.6) is 0 Å². The third kappa shape index (κ3) is 3.19. The Balaban J connectivity index is 1.86. The molecule has 1 fully saturated rings. The van der Waals surface area contributed by atoms with Crippen molar-refractivity contribution in [3.63, 3.8) is 0 Å². The van der Waals surface area contributed by atoms with Gasteiger partial charge >= 0.3 is 0 Å². The molecule has 3 N–H and O–H groups in total. The lowest BCUT2D eigenvalue weighted by molar-refractivity contribution is -0.122. The first-order valence-corrected chi connectivity index (χ1v) is 7.49. The van der Waals surface area contributed by atoms with E-state index >= 15 is 0 Å². The van der Waals surface area contributed by atoms with Crippen molar-refractivity contribution in [2.75, 3.05) is 33.2 Å². The molecule has 1 saturated heterocycles. The van der Waals surface area contributed by atoms with E-state index in [0.29, 0.717) is 42.8 Å². The van der Waals surface area contributed by atoms with Crippen LogP contribution in [-0.2, 0) is 4.79 Å². The summed E-state index contributed by atoms with van der Waals surface area (Å²) >= 11 is 0. The highest BCUT2D eigenvalue weighted by atomic mass is 19.1. The second kappa shape index (κ2) is 6.00. The first-order valence-electron chi connectivity index (χ1n) is 7.49. The lowest BCUT2D eigenvalue weighted by atomic mass is 10.1. The van der Waals surface area contributed by atoms with E-state index < -0.39 is 11.8 Å². The predicted octanol–water partition coefficient (Wildman–Crippen LogP) is 0.796. The second-order valence-electron chi connectivity index (χ2n) is 6.03. The van der Waals surface area contributed by atoms with Crippen molar-refractivity contribution in [3.8, 4) is 0 Å². The van der Waals surface area contributed by atoms with E-state index in [1.165, 1.54) is 12.1 Å². The van der Waals surface area contributed by atoms with Crippen LogP contribution in [0.15, 0.2) is 24.3 Å². The van der Waals surface area contributed by atoms with E-state index in [1.807, 2.05) is 11.9 Å². The van der Waals surface area contributed by atoms with E-state index in [2.05, 4.69) is 4.98 Å². The van der Waals surface area contributed by atoms with Gasteiger partial charge in [0, 0.05) is 37.1 Å². The maximum atomic E-state index is 13.3. The van der Waals surface area contributed by atoms with E-state index in [0.717, 1.165) is 0 Å². The number of carbonyl (C=O) groups is 2. The molecule has 1 aromatic carbocycles. The van der Waals surface area contributed by atoms with Gasteiger partial charge in [-0.25, -0.2) is 4.39 Å². The molecule has 0 saturated carbocycles. The van der Waals surface area contributed by atoms with E-state index in [9.17, 15) is 14.0 Å². The minimum Gasteiger partial charge on any atom is -0.369 e. The average Bonchev–Trinajstić information content (AvgIpc) is 2.81. The van der Waals surface area contributed by atoms with E-state index in [-0.39, 0.29) is 11.7 Å². The number of rotatable bonds is 2. The van der Waals surface area contributed by atoms with Crippen molar-refractivity contribution < 1.29 is 14.0 Å². The largest absolute Gasteiger partial charge is 0.369 e. The number of hydrogen-bond donors (Lipinski definition) is 2. The molecular formula is C16H19FN4O2. The van der Waals surface area contributed by atoms with Crippen LogP contribution in [0.25, 0.3) is 10.9 Å². The average molecular weight is 318 g/mol. The Morgan fingerprint density at radius 3 is 2.78 bits per heavy atom. The number of likely N-dealkylation sites (N-methyl/N-ethyl adjacent to an activating group) is 1. The van der Waals surface area contributed by atoms with Gasteiger partial charge in [-0.1, -0.05) is 0 Å². The van der Waals surface area contributed by atoms with Gasteiger partial charge in [-0.05, 0) is 31.3 Å². The molecule has 3 rings (SSSR count). The predicted molar refractivity (Wildman–Crippen MR) is 84.3 cm³/mol. The van der Waals surface area contributed by atoms with Gasteiger partial charge in [0.25, 0.3) is 5.91 Å². The summed E-state index contributed by atoms with van der Waals surface area (Å²) in [6.45, 7) is 2.02. The topological polar surface area (TPSA) is 82.4 Å². The fourth-order valence-electron chi connectivity index (χ4n) is 2.93. The molecular weight excluding hydrogens is 299 g/mol. The van der Waals surface area contributed by atoms with Gasteiger partial charge in [-0.3, -0.25) is 9.59 Å². The molecule has 1 aromatic heterocycles. The van der Waals surface area contributed by atoms with Gasteiger partial charge < -0.3 is 20.5 Å². The van der Waals surface area contributed by atoms with Gasteiger partial charge in [0.2, 0.25) is 5.91 Å². The molecule has 0 aliphatic carbocycles. The van der Waals surface area contributed by atoms with E-state index in [1.54, 1.807) is 17.0 Å². The quantitative estimate of drug-likeness (QED) is 0.859. The van der Waals surface area contributed by atoms with Crippen LogP contribution in [0.2, 0.25) is 0 Å². The van der Waals surface area contributed by atoms with Gasteiger partial charge in [0.1, 0.15) is 11.5 Å². The van der Waals surface area contributed by atoms with Crippen molar-refractivity contribution in [1.29, 1.82) is 0 Å². The SMILES string of the molecule is CN1CCN(C(=O)c2cc3cc(F)ccc3[nH]2)C[C@H](C(N)=O)C1. The number of nitrogens with zero attached hydrogens (tertiary/aromatic N) is 2. The highest BCUT2D eigenvalue weighted by Crippen LogP contribution is 2.19. The number of H-pyrrole nitrogens is 1. The lowest BCUT2D eigenvalue weighted by Gasteiger charge is -2.22. The number of primary amides is 1. The fourth-order valence-corrected chi connectivity index (χ4v) is 2.93. The van der Waals surface area contributed by atoms with Crippen molar-refractivity contribution in [1.82, 2.24) is 14.8 Å². The van der Waals surface area contributed by atoms with Crippen LogP contribution in [-0.4, -0.2) is 59.8 Å². The van der Waals surface area contributed by atoms with Gasteiger partial charge in [-0.2, -0.15) is 0 Å². The summed E-state index contributed by atoms with van der Waals surface area (Å²) in [6.07, 6.45) is 0. The highest BCUT2D eigenvalue weighted by molar-refractivity contribution is 5.98. The minimum atomic E-state index is -0.407. The third-order valence-corrected chi connectivity index (χ3v) is 4.23. The molecule has 1 atom stereocenters. The normalized spacial score (nSPS) is 19.7. The summed E-state index contributed by atoms with van der Waals surface area (Å²) in [5.41, 5.74) is 6.51. The number of aromatic nitrogens is 1. The zero-order chi connectivity index (χ0) is 16.6. The van der Waals surface area contributed by atoms with Gasteiger partial charge in [0.15, 0.2) is 0 Å². The first-order chi connectivity index (χ1) is 10.9. The summed E-state index contributed by atoms with van der Waals surface area (Å²) in [4.78, 5) is 30.9. The van der Waals surface area contributed by atoms with Crippen LogP contribution in [0.1, 0.15) is 10.5 Å². The molecule has 7 heteroatoms. The summed E-state index contributed by atoms with van der Waals surface area (Å²) < 4.78 is 13.3. The van der Waals surface area contributed by atoms with Gasteiger partial charge in [-0.15, -0.1) is 0 Å². The summed E-state index contributed by atoms with van der Waals surface area (Å²) in [5, 5.41) is 0.645. The standard InChI is InChI=1S/C16H19FN4O2/c1-20-4-5-21(9-11(8-20)15(18)22)16(23)14-7-10-6-12(17)2-3-13(10)19-14/h2-3,6-7,11,19H,4-5,8-9H2,1H3,(H2,18,22)/t11-/m1/s1. The van der Waals surface area contributed by atoms with Gasteiger partial charge in [0.05, 0.1) is 5.92 Å². The Kier molecular flexibility index (Phi) is 4.04. The summed E-state index contributed by atoms with van der Waals surface area (Å²) in [5.74, 6) is -1.35. The van der Waals surface area contributed by atoms with Crippen LogP contribution >= 0.6 is 0 Å². The van der Waals surface area contributed by atoms with Crippen LogP contribution in [0, 0.1) is 11.7 Å². The monoisotopic (exact) mass is 318 g/mol. The first kappa shape index (κ1) is 15.5. The minimum absolute atomic E-state index is 0.205. The molecule has 1 aliphatic heterocycles. The number of hydrogen-bond acceptors (Lipinski definition) is 3. The molecule has 0 unspecified atom stereocenters. The number of amides is 2. The Morgan fingerprint density at radius 1 is 1.26 bits per heavy atom. The molecule has 2 heterocycles. The number of carbonyl (C=O) groups excluding carboxylic acids is 2. The Hall–Kier alpha value is -2.41. The number of benzene rings is 1. The molecule has 1 aliphatic rings. The molecule has 2 amide bonds. The van der Waals surface area contributed by atoms with Crippen molar-refractivity contribution in [2.24, 2.45) is 11.7 Å². The third-order valence-electron chi connectivity index (χ3n) is 4.23. The molecule has 0 spiro atoms. The van der Waals surface area contributed by atoms with Crippen molar-refractivity contribution >= 4 is 22.7 Å². The Labute approximate surface area is 133 Å². The molecule has 6 nitrogen and oxygen atoms in total. The molecule has 122 valence electrons. The fraction of sp³-hybridized carbons (Fsp3) is 0.375.